The van der Waals surface area contributed by atoms with Crippen LogP contribution in [0.2, 0.25) is 5.04 Å². The van der Waals surface area contributed by atoms with Crippen molar-refractivity contribution in [1.82, 2.24) is 0 Å². The topological polar surface area (TPSA) is 46.2 Å². The Kier molecular flexibility index (Phi) is 11.6. The lowest BCUT2D eigenvalue weighted by Crippen LogP contribution is -2.68. The van der Waals surface area contributed by atoms with Gasteiger partial charge >= 0.3 is 0 Å². The van der Waals surface area contributed by atoms with Crippen molar-refractivity contribution in [3.63, 3.8) is 0 Å². The fourth-order valence-electron chi connectivity index (χ4n) is 5.32. The van der Waals surface area contributed by atoms with Gasteiger partial charge in [-0.25, -0.2) is 0 Å². The van der Waals surface area contributed by atoms with E-state index in [2.05, 4.69) is 93.3 Å². The van der Waals surface area contributed by atoms with Gasteiger partial charge in [-0.3, -0.25) is 0 Å². The van der Waals surface area contributed by atoms with Gasteiger partial charge in [-0.2, -0.15) is 0 Å². The summed E-state index contributed by atoms with van der Waals surface area (Å²) in [4.78, 5) is 0. The number of hydrogen-bond acceptors (Lipinski definition) is 5. The Labute approximate surface area is 247 Å². The minimum Gasteiger partial charge on any atom is -0.497 e. The summed E-state index contributed by atoms with van der Waals surface area (Å²) in [6.07, 6.45) is 3.34. The molecular formula is C35H44O5Si. The second kappa shape index (κ2) is 15.3. The van der Waals surface area contributed by atoms with E-state index in [0.717, 1.165) is 37.2 Å². The van der Waals surface area contributed by atoms with Crippen LogP contribution in [0.15, 0.2) is 84.9 Å². The largest absolute Gasteiger partial charge is 0.497 e. The van der Waals surface area contributed by atoms with Crippen molar-refractivity contribution >= 4 is 18.7 Å². The zero-order valence-corrected chi connectivity index (χ0v) is 25.9. The average molecular weight is 573 g/mol. The molecule has 0 aromatic heterocycles. The highest BCUT2D eigenvalue weighted by atomic mass is 28.4. The smallest absolute Gasteiger partial charge is 0.261 e. The highest BCUT2D eigenvalue weighted by molar-refractivity contribution is 6.99. The second-order valence-electron chi connectivity index (χ2n) is 11.4. The molecule has 2 atom stereocenters. The Bertz CT molecular complexity index is 1180. The summed E-state index contributed by atoms with van der Waals surface area (Å²) in [6.45, 7) is 8.90. The monoisotopic (exact) mass is 572 g/mol. The van der Waals surface area contributed by atoms with Gasteiger partial charge in [0.05, 0.1) is 26.4 Å². The number of benzene rings is 3. The summed E-state index contributed by atoms with van der Waals surface area (Å²) in [5.41, 5.74) is 1.09. The Hall–Kier alpha value is -2.92. The van der Waals surface area contributed by atoms with Gasteiger partial charge < -0.3 is 23.4 Å². The highest BCUT2D eigenvalue weighted by Crippen LogP contribution is 2.38. The molecule has 218 valence electrons. The standard InChI is InChI=1S/C35H44O5Si/c1-35(2,3)41(32-16-7-5-8-17-32,33-18-9-6-10-19-33)40-31(15-11-13-25-38-34-20-12-14-26-39-34)28-37-27-29-21-23-30(36-4)24-22-29/h5-10,16-19,21-24,31,34H,12,14-15,20,25-28H2,1-4H3/t31-,34?/m0/s1. The number of rotatable bonds is 12. The van der Waals surface area contributed by atoms with E-state index in [4.69, 9.17) is 23.4 Å². The van der Waals surface area contributed by atoms with Crippen LogP contribution >= 0.6 is 0 Å². The first-order chi connectivity index (χ1) is 19.9. The molecule has 3 aromatic rings. The summed E-state index contributed by atoms with van der Waals surface area (Å²) in [6, 6.07) is 29.4. The summed E-state index contributed by atoms with van der Waals surface area (Å²) in [7, 11) is -1.09. The molecule has 0 bridgehead atoms. The van der Waals surface area contributed by atoms with Crippen LogP contribution in [0, 0.1) is 11.8 Å². The van der Waals surface area contributed by atoms with Crippen LogP contribution in [0.25, 0.3) is 0 Å². The van der Waals surface area contributed by atoms with Crippen molar-refractivity contribution in [2.24, 2.45) is 0 Å². The second-order valence-corrected chi connectivity index (χ2v) is 15.7. The summed E-state index contributed by atoms with van der Waals surface area (Å²) in [5, 5.41) is 2.34. The van der Waals surface area contributed by atoms with E-state index in [0.29, 0.717) is 26.2 Å². The van der Waals surface area contributed by atoms with E-state index < -0.39 is 8.32 Å². The third kappa shape index (κ3) is 8.54. The molecule has 0 radical (unpaired) electrons. The average Bonchev–Trinajstić information content (AvgIpc) is 3.00. The van der Waals surface area contributed by atoms with Crippen LogP contribution in [-0.4, -0.2) is 47.6 Å². The van der Waals surface area contributed by atoms with E-state index >= 15 is 0 Å². The molecule has 0 amide bonds. The lowest BCUT2D eigenvalue weighted by molar-refractivity contribution is -0.154. The predicted octanol–water partition coefficient (Wildman–Crippen LogP) is 6.09. The first-order valence-electron chi connectivity index (χ1n) is 14.6. The van der Waals surface area contributed by atoms with Crippen molar-refractivity contribution in [2.75, 3.05) is 26.9 Å². The fraction of sp³-hybridized carbons (Fsp3) is 0.429. The number of hydrogen-bond donors (Lipinski definition) is 0. The summed E-state index contributed by atoms with van der Waals surface area (Å²) < 4.78 is 30.5. The lowest BCUT2D eigenvalue weighted by Gasteiger charge is -2.45. The third-order valence-electron chi connectivity index (χ3n) is 7.43. The molecule has 0 saturated carbocycles. The molecule has 0 N–H and O–H groups in total. The zero-order valence-electron chi connectivity index (χ0n) is 24.9. The first kappa shape index (κ1) is 31.0. The number of methoxy groups -OCH3 is 1. The minimum absolute atomic E-state index is 0.140. The summed E-state index contributed by atoms with van der Waals surface area (Å²) in [5.74, 6) is 7.37. The van der Waals surface area contributed by atoms with Crippen LogP contribution in [0.3, 0.4) is 0 Å². The molecule has 1 aliphatic heterocycles. The van der Waals surface area contributed by atoms with Gasteiger partial charge in [-0.15, -0.1) is 0 Å². The quantitative estimate of drug-likeness (QED) is 0.194. The fourth-order valence-corrected chi connectivity index (χ4v) is 9.99. The molecule has 3 aromatic carbocycles. The molecule has 6 heteroatoms. The highest BCUT2D eigenvalue weighted by Gasteiger charge is 2.51. The predicted molar refractivity (Wildman–Crippen MR) is 167 cm³/mol. The van der Waals surface area contributed by atoms with Crippen LogP contribution in [-0.2, 0) is 25.2 Å². The molecule has 0 spiro atoms. The first-order valence-corrected chi connectivity index (χ1v) is 16.5. The molecule has 4 rings (SSSR count). The lowest BCUT2D eigenvalue weighted by atomic mass is 10.2. The van der Waals surface area contributed by atoms with Gasteiger partial charge in [0.15, 0.2) is 6.29 Å². The molecule has 1 saturated heterocycles. The van der Waals surface area contributed by atoms with Crippen LogP contribution in [0.1, 0.15) is 52.0 Å². The Balaban J connectivity index is 1.56. The van der Waals surface area contributed by atoms with Gasteiger partial charge in [-0.05, 0) is 52.4 Å². The normalized spacial score (nSPS) is 16.4. The van der Waals surface area contributed by atoms with E-state index in [1.807, 2.05) is 24.3 Å². The maximum Gasteiger partial charge on any atom is 0.261 e. The Morgan fingerprint density at radius 2 is 1.54 bits per heavy atom. The van der Waals surface area contributed by atoms with Crippen molar-refractivity contribution < 1.29 is 23.4 Å². The molecule has 1 heterocycles. The Morgan fingerprint density at radius 3 is 2.10 bits per heavy atom. The van der Waals surface area contributed by atoms with Gasteiger partial charge in [0.1, 0.15) is 12.4 Å². The van der Waals surface area contributed by atoms with Crippen LogP contribution in [0.4, 0.5) is 0 Å². The Morgan fingerprint density at radius 1 is 0.878 bits per heavy atom. The van der Waals surface area contributed by atoms with Crippen molar-refractivity contribution in [1.29, 1.82) is 0 Å². The molecular weight excluding hydrogens is 528 g/mol. The van der Waals surface area contributed by atoms with E-state index in [1.54, 1.807) is 7.11 Å². The van der Waals surface area contributed by atoms with Crippen molar-refractivity contribution in [3.05, 3.63) is 90.5 Å². The molecule has 0 aliphatic carbocycles. The zero-order chi connectivity index (χ0) is 29.0. The maximum atomic E-state index is 7.37. The number of ether oxygens (including phenoxy) is 4. The SMILES string of the molecule is COc1ccc(COC[C@H](CC#CCOC2CCCCO2)O[Si](c2ccccc2)(c2ccccc2)C(C)(C)C)cc1. The van der Waals surface area contributed by atoms with Gasteiger partial charge in [0, 0.05) is 13.0 Å². The van der Waals surface area contributed by atoms with E-state index in [9.17, 15) is 0 Å². The molecule has 1 unspecified atom stereocenters. The van der Waals surface area contributed by atoms with E-state index in [-0.39, 0.29) is 17.4 Å². The minimum atomic E-state index is -2.76. The van der Waals surface area contributed by atoms with Gasteiger partial charge in [0.25, 0.3) is 8.32 Å². The molecule has 1 aliphatic rings. The van der Waals surface area contributed by atoms with E-state index in [1.165, 1.54) is 10.4 Å². The van der Waals surface area contributed by atoms with Gasteiger partial charge in [0.2, 0.25) is 0 Å². The van der Waals surface area contributed by atoms with Crippen LogP contribution < -0.4 is 15.1 Å². The van der Waals surface area contributed by atoms with Crippen molar-refractivity contribution in [3.8, 4) is 17.6 Å². The summed E-state index contributed by atoms with van der Waals surface area (Å²) >= 11 is 0. The molecule has 5 nitrogen and oxygen atoms in total. The van der Waals surface area contributed by atoms with Crippen LogP contribution in [0.5, 0.6) is 5.75 Å². The molecule has 41 heavy (non-hydrogen) atoms. The third-order valence-corrected chi connectivity index (χ3v) is 12.5. The molecule has 1 fully saturated rings. The maximum absolute atomic E-state index is 7.37. The van der Waals surface area contributed by atoms with Gasteiger partial charge in [-0.1, -0.05) is 105 Å². The van der Waals surface area contributed by atoms with Crippen molar-refractivity contribution in [2.45, 2.75) is 70.5 Å².